The van der Waals surface area contributed by atoms with E-state index in [1.54, 1.807) is 19.2 Å². The zero-order valence-electron chi connectivity index (χ0n) is 15.9. The molecule has 0 aliphatic heterocycles. The minimum Gasteiger partial charge on any atom is -0.380 e. The SMILES string of the molecule is CCOCCNC(=NC)NCCS(=O)(=O)c1ccc(C(C)(C)C)cc1. The van der Waals surface area contributed by atoms with Crippen molar-refractivity contribution in [1.82, 2.24) is 10.6 Å². The summed E-state index contributed by atoms with van der Waals surface area (Å²) in [4.78, 5) is 4.41. The van der Waals surface area contributed by atoms with Crippen LogP contribution in [0.25, 0.3) is 0 Å². The van der Waals surface area contributed by atoms with Crippen molar-refractivity contribution in [1.29, 1.82) is 0 Å². The van der Waals surface area contributed by atoms with Crippen LogP contribution < -0.4 is 10.6 Å². The molecule has 1 rings (SSSR count). The number of nitrogens with one attached hydrogen (secondary N) is 2. The van der Waals surface area contributed by atoms with Crippen LogP contribution in [0, 0.1) is 0 Å². The van der Waals surface area contributed by atoms with Gasteiger partial charge in [0.05, 0.1) is 17.3 Å². The molecule has 0 atom stereocenters. The molecule has 25 heavy (non-hydrogen) atoms. The van der Waals surface area contributed by atoms with Gasteiger partial charge >= 0.3 is 0 Å². The van der Waals surface area contributed by atoms with Crippen LogP contribution in [-0.4, -0.2) is 53.5 Å². The average molecular weight is 370 g/mol. The van der Waals surface area contributed by atoms with Crippen molar-refractivity contribution < 1.29 is 13.2 Å². The quantitative estimate of drug-likeness (QED) is 0.416. The number of ether oxygens (including phenoxy) is 1. The van der Waals surface area contributed by atoms with E-state index >= 15 is 0 Å². The first-order chi connectivity index (χ1) is 11.7. The summed E-state index contributed by atoms with van der Waals surface area (Å²) in [7, 11) is -1.68. The molecule has 0 aromatic heterocycles. The van der Waals surface area contributed by atoms with Gasteiger partial charge in [-0.25, -0.2) is 8.42 Å². The lowest BCUT2D eigenvalue weighted by Gasteiger charge is -2.19. The molecular formula is C18H31N3O3S. The zero-order chi connectivity index (χ0) is 18.9. The Morgan fingerprint density at radius 3 is 2.24 bits per heavy atom. The first-order valence-electron chi connectivity index (χ1n) is 8.56. The zero-order valence-corrected chi connectivity index (χ0v) is 16.7. The number of sulfone groups is 1. The Morgan fingerprint density at radius 2 is 1.72 bits per heavy atom. The van der Waals surface area contributed by atoms with Crippen molar-refractivity contribution in [2.45, 2.75) is 38.0 Å². The minimum atomic E-state index is -3.33. The number of guanidine groups is 1. The van der Waals surface area contributed by atoms with Gasteiger partial charge < -0.3 is 15.4 Å². The molecule has 0 heterocycles. The van der Waals surface area contributed by atoms with Crippen LogP contribution in [0.4, 0.5) is 0 Å². The molecule has 0 saturated carbocycles. The molecule has 1 aromatic carbocycles. The number of benzene rings is 1. The van der Waals surface area contributed by atoms with Crippen molar-refractivity contribution in [3.05, 3.63) is 29.8 Å². The van der Waals surface area contributed by atoms with Gasteiger partial charge in [-0.3, -0.25) is 4.99 Å². The van der Waals surface area contributed by atoms with Crippen LogP contribution in [0.3, 0.4) is 0 Å². The van der Waals surface area contributed by atoms with Crippen LogP contribution in [0.1, 0.15) is 33.3 Å². The maximum Gasteiger partial charge on any atom is 0.191 e. The van der Waals surface area contributed by atoms with Gasteiger partial charge in [-0.05, 0) is 30.0 Å². The molecule has 0 spiro atoms. The Morgan fingerprint density at radius 1 is 1.12 bits per heavy atom. The smallest absolute Gasteiger partial charge is 0.191 e. The van der Waals surface area contributed by atoms with Gasteiger partial charge in [0.15, 0.2) is 15.8 Å². The number of hydrogen-bond acceptors (Lipinski definition) is 4. The summed E-state index contributed by atoms with van der Waals surface area (Å²) in [6.07, 6.45) is 0. The fraction of sp³-hybridized carbons (Fsp3) is 0.611. The molecule has 0 aliphatic carbocycles. The lowest BCUT2D eigenvalue weighted by Crippen LogP contribution is -2.40. The van der Waals surface area contributed by atoms with Gasteiger partial charge in [0.2, 0.25) is 0 Å². The van der Waals surface area contributed by atoms with Crippen molar-refractivity contribution in [2.24, 2.45) is 4.99 Å². The van der Waals surface area contributed by atoms with Crippen LogP contribution in [-0.2, 0) is 20.0 Å². The average Bonchev–Trinajstić information content (AvgIpc) is 2.56. The summed E-state index contributed by atoms with van der Waals surface area (Å²) >= 11 is 0. The highest BCUT2D eigenvalue weighted by Gasteiger charge is 2.17. The summed E-state index contributed by atoms with van der Waals surface area (Å²) in [5.41, 5.74) is 1.12. The van der Waals surface area contributed by atoms with Gasteiger partial charge in [-0.2, -0.15) is 0 Å². The molecule has 0 radical (unpaired) electrons. The van der Waals surface area contributed by atoms with Gasteiger partial charge in [-0.15, -0.1) is 0 Å². The molecule has 7 heteroatoms. The largest absolute Gasteiger partial charge is 0.380 e. The van der Waals surface area contributed by atoms with Crippen LogP contribution >= 0.6 is 0 Å². The summed E-state index contributed by atoms with van der Waals surface area (Å²) in [6.45, 7) is 10.4. The van der Waals surface area contributed by atoms with E-state index in [9.17, 15) is 8.42 Å². The van der Waals surface area contributed by atoms with Crippen molar-refractivity contribution >= 4 is 15.8 Å². The Balaban J connectivity index is 2.55. The first kappa shape index (κ1) is 21.4. The second-order valence-corrected chi connectivity index (χ2v) is 8.83. The van der Waals surface area contributed by atoms with E-state index in [-0.39, 0.29) is 17.7 Å². The monoisotopic (exact) mass is 369 g/mol. The molecule has 0 bridgehead atoms. The lowest BCUT2D eigenvalue weighted by atomic mass is 9.87. The first-order valence-corrected chi connectivity index (χ1v) is 10.2. The Bertz CT molecular complexity index is 647. The second kappa shape index (κ2) is 9.77. The fourth-order valence-corrected chi connectivity index (χ4v) is 3.35. The molecule has 1 aromatic rings. The third-order valence-corrected chi connectivity index (χ3v) is 5.44. The van der Waals surface area contributed by atoms with E-state index in [1.165, 1.54) is 0 Å². The highest BCUT2D eigenvalue weighted by atomic mass is 32.2. The van der Waals surface area contributed by atoms with Crippen LogP contribution in [0.5, 0.6) is 0 Å². The fourth-order valence-electron chi connectivity index (χ4n) is 2.19. The number of aliphatic imine (C=N–C) groups is 1. The van der Waals surface area contributed by atoms with E-state index in [1.807, 2.05) is 19.1 Å². The third-order valence-electron chi connectivity index (χ3n) is 3.71. The number of rotatable bonds is 8. The predicted molar refractivity (Wildman–Crippen MR) is 103 cm³/mol. The summed E-state index contributed by atoms with van der Waals surface area (Å²) in [5.74, 6) is 0.576. The molecule has 0 unspecified atom stereocenters. The van der Waals surface area contributed by atoms with E-state index in [4.69, 9.17) is 4.74 Å². The standard InChI is InChI=1S/C18H31N3O3S/c1-6-24-13-11-20-17(19-5)21-12-14-25(22,23)16-9-7-15(8-10-16)18(2,3)4/h7-10H,6,11-14H2,1-5H3,(H2,19,20,21). The molecule has 6 nitrogen and oxygen atoms in total. The molecule has 0 saturated heterocycles. The highest BCUT2D eigenvalue weighted by Crippen LogP contribution is 2.23. The van der Waals surface area contributed by atoms with Crippen LogP contribution in [0.15, 0.2) is 34.2 Å². The molecule has 2 N–H and O–H groups in total. The summed E-state index contributed by atoms with van der Waals surface area (Å²) in [5, 5.41) is 6.09. The number of hydrogen-bond donors (Lipinski definition) is 2. The summed E-state index contributed by atoms with van der Waals surface area (Å²) in [6, 6.07) is 7.14. The topological polar surface area (TPSA) is 79.8 Å². The van der Waals surface area contributed by atoms with Crippen molar-refractivity contribution in [3.8, 4) is 0 Å². The van der Waals surface area contributed by atoms with E-state index < -0.39 is 9.84 Å². The van der Waals surface area contributed by atoms with E-state index in [2.05, 4.69) is 36.4 Å². The maximum absolute atomic E-state index is 12.4. The molecule has 0 fully saturated rings. The Labute approximate surface area is 152 Å². The van der Waals surface area contributed by atoms with Crippen LogP contribution in [0.2, 0.25) is 0 Å². The Hall–Kier alpha value is -1.60. The molecular weight excluding hydrogens is 338 g/mol. The van der Waals surface area contributed by atoms with Gasteiger partial charge in [0.25, 0.3) is 0 Å². The third kappa shape index (κ3) is 7.44. The predicted octanol–water partition coefficient (Wildman–Crippen LogP) is 1.96. The molecule has 0 aliphatic rings. The van der Waals surface area contributed by atoms with E-state index in [0.717, 1.165) is 5.56 Å². The van der Waals surface area contributed by atoms with Crippen molar-refractivity contribution in [2.75, 3.05) is 39.1 Å². The molecule has 0 amide bonds. The van der Waals surface area contributed by atoms with Crippen molar-refractivity contribution in [3.63, 3.8) is 0 Å². The highest BCUT2D eigenvalue weighted by molar-refractivity contribution is 7.91. The second-order valence-electron chi connectivity index (χ2n) is 6.72. The minimum absolute atomic E-state index is 0.00347. The Kier molecular flexibility index (Phi) is 8.38. The van der Waals surface area contributed by atoms with E-state index in [0.29, 0.717) is 30.6 Å². The number of nitrogens with zero attached hydrogens (tertiary/aromatic N) is 1. The maximum atomic E-state index is 12.4. The van der Waals surface area contributed by atoms with Gasteiger partial charge in [0.1, 0.15) is 0 Å². The van der Waals surface area contributed by atoms with Gasteiger partial charge in [-0.1, -0.05) is 32.9 Å². The lowest BCUT2D eigenvalue weighted by molar-refractivity contribution is 0.152. The van der Waals surface area contributed by atoms with Gasteiger partial charge in [0, 0.05) is 26.7 Å². The molecule has 142 valence electrons. The summed E-state index contributed by atoms with van der Waals surface area (Å²) < 4.78 is 30.1. The normalized spacial score (nSPS) is 12.9.